The van der Waals surface area contributed by atoms with Crippen molar-refractivity contribution in [1.29, 1.82) is 0 Å². The Labute approximate surface area is 111 Å². The van der Waals surface area contributed by atoms with Gasteiger partial charge in [-0.25, -0.2) is 13.4 Å². The quantitative estimate of drug-likeness (QED) is 0.861. The Bertz CT molecular complexity index is 582. The number of pyridine rings is 1. The number of halogens is 1. The molecule has 0 aromatic carbocycles. The molecule has 0 saturated carbocycles. The van der Waals surface area contributed by atoms with Crippen molar-refractivity contribution >= 4 is 33.0 Å². The molecule has 0 aliphatic heterocycles. The minimum Gasteiger partial charge on any atom is -0.322 e. The normalized spacial score (nSPS) is 12.3. The van der Waals surface area contributed by atoms with Crippen LogP contribution in [0.2, 0.25) is 5.15 Å². The Morgan fingerprint density at radius 3 is 2.50 bits per heavy atom. The summed E-state index contributed by atoms with van der Waals surface area (Å²) in [6.45, 7) is 4.48. The average molecular weight is 291 g/mol. The molecule has 1 rings (SSSR count). The van der Waals surface area contributed by atoms with E-state index in [1.54, 1.807) is 19.2 Å². The maximum atomic E-state index is 12.0. The van der Waals surface area contributed by atoms with Crippen molar-refractivity contribution in [3.63, 3.8) is 0 Å². The lowest BCUT2D eigenvalue weighted by Crippen LogP contribution is -2.43. The zero-order chi connectivity index (χ0) is 14.1. The van der Waals surface area contributed by atoms with Gasteiger partial charge in [-0.3, -0.25) is 4.79 Å². The summed E-state index contributed by atoms with van der Waals surface area (Å²) in [7, 11) is -3.52. The lowest BCUT2D eigenvalue weighted by molar-refractivity contribution is -0.117. The van der Waals surface area contributed by atoms with Crippen molar-refractivity contribution in [1.82, 2.24) is 4.98 Å². The molecular weight excluding hydrogens is 276 g/mol. The van der Waals surface area contributed by atoms with E-state index in [1.807, 2.05) is 0 Å². The molecule has 5 nitrogen and oxygen atoms in total. The Morgan fingerprint density at radius 1 is 1.44 bits per heavy atom. The van der Waals surface area contributed by atoms with Crippen LogP contribution in [0.15, 0.2) is 12.3 Å². The first-order valence-corrected chi connectivity index (χ1v) is 7.46. The zero-order valence-corrected chi connectivity index (χ0v) is 12.2. The number of aromatic nitrogens is 1. The number of anilines is 1. The molecule has 1 N–H and O–H groups in total. The van der Waals surface area contributed by atoms with Crippen LogP contribution in [0.25, 0.3) is 0 Å². The van der Waals surface area contributed by atoms with Crippen LogP contribution >= 0.6 is 11.6 Å². The predicted molar refractivity (Wildman–Crippen MR) is 71.5 cm³/mol. The standard InChI is InChI=1S/C11H15ClN2O3S/c1-7-5-8(9(12)13-6-7)14-10(15)11(2,3)18(4,16)17/h5-6H,1-4H3,(H,14,15). The molecule has 0 radical (unpaired) electrons. The van der Waals surface area contributed by atoms with E-state index in [0.717, 1.165) is 11.8 Å². The number of amides is 1. The van der Waals surface area contributed by atoms with E-state index in [-0.39, 0.29) is 5.15 Å². The maximum absolute atomic E-state index is 12.0. The van der Waals surface area contributed by atoms with E-state index < -0.39 is 20.5 Å². The third-order valence-corrected chi connectivity index (χ3v) is 5.04. The molecule has 1 aromatic heterocycles. The smallest absolute Gasteiger partial charge is 0.245 e. The Balaban J connectivity index is 3.06. The van der Waals surface area contributed by atoms with Crippen molar-refractivity contribution in [2.24, 2.45) is 0 Å². The minimum absolute atomic E-state index is 0.123. The minimum atomic E-state index is -3.52. The molecule has 18 heavy (non-hydrogen) atoms. The summed E-state index contributed by atoms with van der Waals surface area (Å²) >= 11 is 5.83. The first-order chi connectivity index (χ1) is 8.05. The summed E-state index contributed by atoms with van der Waals surface area (Å²) < 4.78 is 21.5. The predicted octanol–water partition coefficient (Wildman–Crippen LogP) is 1.81. The number of nitrogens with zero attached hydrogens (tertiary/aromatic N) is 1. The molecule has 0 bridgehead atoms. The fraction of sp³-hybridized carbons (Fsp3) is 0.455. The molecule has 0 spiro atoms. The third kappa shape index (κ3) is 3.00. The average Bonchev–Trinajstić information content (AvgIpc) is 2.21. The molecule has 0 aliphatic carbocycles. The van der Waals surface area contributed by atoms with Gasteiger partial charge in [0.05, 0.1) is 5.69 Å². The lowest BCUT2D eigenvalue weighted by atomic mass is 10.2. The van der Waals surface area contributed by atoms with Crippen LogP contribution in [0.4, 0.5) is 5.69 Å². The lowest BCUT2D eigenvalue weighted by Gasteiger charge is -2.21. The Morgan fingerprint density at radius 2 is 2.00 bits per heavy atom. The van der Waals surface area contributed by atoms with Gasteiger partial charge in [0.1, 0.15) is 4.75 Å². The van der Waals surface area contributed by atoms with Crippen LogP contribution in [-0.4, -0.2) is 30.3 Å². The highest BCUT2D eigenvalue weighted by Gasteiger charge is 2.38. The van der Waals surface area contributed by atoms with Gasteiger partial charge in [0.2, 0.25) is 5.91 Å². The molecule has 0 aliphatic rings. The molecule has 0 saturated heterocycles. The molecule has 1 heterocycles. The second-order valence-electron chi connectivity index (χ2n) is 4.59. The highest BCUT2D eigenvalue weighted by molar-refractivity contribution is 7.92. The van der Waals surface area contributed by atoms with E-state index in [1.165, 1.54) is 13.8 Å². The van der Waals surface area contributed by atoms with E-state index in [4.69, 9.17) is 11.6 Å². The van der Waals surface area contributed by atoms with Gasteiger partial charge in [0, 0.05) is 12.5 Å². The number of carbonyl (C=O) groups is 1. The maximum Gasteiger partial charge on any atom is 0.245 e. The van der Waals surface area contributed by atoms with Crippen molar-refractivity contribution in [3.05, 3.63) is 23.0 Å². The zero-order valence-electron chi connectivity index (χ0n) is 10.6. The van der Waals surface area contributed by atoms with Crippen LogP contribution in [0.3, 0.4) is 0 Å². The summed E-state index contributed by atoms with van der Waals surface area (Å²) in [6, 6.07) is 1.63. The second kappa shape index (κ2) is 4.85. The summed E-state index contributed by atoms with van der Waals surface area (Å²) in [4.78, 5) is 15.8. The monoisotopic (exact) mass is 290 g/mol. The molecule has 0 fully saturated rings. The number of hydrogen-bond donors (Lipinski definition) is 1. The van der Waals surface area contributed by atoms with Crippen LogP contribution in [0.5, 0.6) is 0 Å². The van der Waals surface area contributed by atoms with Crippen molar-refractivity contribution in [2.75, 3.05) is 11.6 Å². The van der Waals surface area contributed by atoms with Crippen molar-refractivity contribution in [3.8, 4) is 0 Å². The summed E-state index contributed by atoms with van der Waals surface area (Å²) in [5, 5.41) is 2.61. The largest absolute Gasteiger partial charge is 0.322 e. The van der Waals surface area contributed by atoms with Crippen molar-refractivity contribution in [2.45, 2.75) is 25.5 Å². The number of nitrogens with one attached hydrogen (secondary N) is 1. The molecule has 1 aromatic rings. The summed E-state index contributed by atoms with van der Waals surface area (Å²) in [5.74, 6) is -0.640. The number of carbonyl (C=O) groups excluding carboxylic acids is 1. The molecule has 7 heteroatoms. The van der Waals surface area contributed by atoms with Gasteiger partial charge in [0.15, 0.2) is 15.0 Å². The number of sulfone groups is 1. The van der Waals surface area contributed by atoms with Gasteiger partial charge in [-0.2, -0.15) is 0 Å². The number of hydrogen-bond acceptors (Lipinski definition) is 4. The van der Waals surface area contributed by atoms with E-state index >= 15 is 0 Å². The molecule has 0 atom stereocenters. The van der Waals surface area contributed by atoms with Gasteiger partial charge < -0.3 is 5.32 Å². The fourth-order valence-corrected chi connectivity index (χ4v) is 1.62. The van der Waals surface area contributed by atoms with Crippen LogP contribution in [0.1, 0.15) is 19.4 Å². The van der Waals surface area contributed by atoms with Gasteiger partial charge >= 0.3 is 0 Å². The van der Waals surface area contributed by atoms with E-state index in [0.29, 0.717) is 5.69 Å². The Hall–Kier alpha value is -1.14. The second-order valence-corrected chi connectivity index (χ2v) is 7.51. The first-order valence-electron chi connectivity index (χ1n) is 5.19. The first kappa shape index (κ1) is 14.9. The number of rotatable bonds is 3. The van der Waals surface area contributed by atoms with Crippen molar-refractivity contribution < 1.29 is 13.2 Å². The van der Waals surface area contributed by atoms with Gasteiger partial charge in [0.25, 0.3) is 0 Å². The highest BCUT2D eigenvalue weighted by Crippen LogP contribution is 2.23. The van der Waals surface area contributed by atoms with Crippen LogP contribution < -0.4 is 5.32 Å². The van der Waals surface area contributed by atoms with Gasteiger partial charge in [-0.05, 0) is 32.4 Å². The highest BCUT2D eigenvalue weighted by atomic mass is 35.5. The molecule has 100 valence electrons. The van der Waals surface area contributed by atoms with Gasteiger partial charge in [-0.15, -0.1) is 0 Å². The number of aryl methyl sites for hydroxylation is 1. The molecular formula is C11H15ClN2O3S. The topological polar surface area (TPSA) is 76.1 Å². The summed E-state index contributed by atoms with van der Waals surface area (Å²) in [5.41, 5.74) is 1.12. The fourth-order valence-electron chi connectivity index (χ4n) is 1.08. The molecule has 0 unspecified atom stereocenters. The van der Waals surface area contributed by atoms with E-state index in [2.05, 4.69) is 10.3 Å². The van der Waals surface area contributed by atoms with E-state index in [9.17, 15) is 13.2 Å². The third-order valence-electron chi connectivity index (χ3n) is 2.70. The van der Waals surface area contributed by atoms with Crippen LogP contribution in [-0.2, 0) is 14.6 Å². The van der Waals surface area contributed by atoms with Gasteiger partial charge in [-0.1, -0.05) is 11.6 Å². The van der Waals surface area contributed by atoms with Crippen LogP contribution in [0, 0.1) is 6.92 Å². The Kier molecular flexibility index (Phi) is 4.02. The molecule has 1 amide bonds. The SMILES string of the molecule is Cc1cnc(Cl)c(NC(=O)C(C)(C)S(C)(=O)=O)c1. The summed E-state index contributed by atoms with van der Waals surface area (Å²) in [6.07, 6.45) is 2.57.